The Morgan fingerprint density at radius 2 is 1.84 bits per heavy atom. The third-order valence-electron chi connectivity index (χ3n) is 3.93. The SMILES string of the molecule is CCC(C=O)(CC)C(CC=O)c1cccc(Cl)c1Cl. The molecule has 0 bridgehead atoms. The van der Waals surface area contributed by atoms with Gasteiger partial charge in [0.25, 0.3) is 0 Å². The number of aldehydes is 2. The van der Waals surface area contributed by atoms with Crippen LogP contribution in [0.1, 0.15) is 44.6 Å². The summed E-state index contributed by atoms with van der Waals surface area (Å²) in [7, 11) is 0. The van der Waals surface area contributed by atoms with Crippen LogP contribution in [0, 0.1) is 5.41 Å². The maximum Gasteiger partial charge on any atom is 0.126 e. The Morgan fingerprint density at radius 1 is 1.21 bits per heavy atom. The van der Waals surface area contributed by atoms with Crippen molar-refractivity contribution in [1.82, 2.24) is 0 Å². The first kappa shape index (κ1) is 16.2. The number of carbonyl (C=O) groups excluding carboxylic acids is 2. The monoisotopic (exact) mass is 300 g/mol. The Morgan fingerprint density at radius 3 is 2.32 bits per heavy atom. The topological polar surface area (TPSA) is 34.1 Å². The molecule has 1 aromatic rings. The molecule has 104 valence electrons. The first-order valence-electron chi connectivity index (χ1n) is 6.40. The van der Waals surface area contributed by atoms with E-state index in [-0.39, 0.29) is 12.3 Å². The lowest BCUT2D eigenvalue weighted by Crippen LogP contribution is -2.30. The predicted octanol–water partition coefficient (Wildman–Crippen LogP) is 4.67. The van der Waals surface area contributed by atoms with Crippen LogP contribution in [-0.4, -0.2) is 12.6 Å². The summed E-state index contributed by atoms with van der Waals surface area (Å²) in [6, 6.07) is 5.33. The molecule has 1 rings (SSSR count). The molecule has 0 saturated heterocycles. The van der Waals surface area contributed by atoms with Gasteiger partial charge in [0.15, 0.2) is 0 Å². The molecule has 0 aliphatic carbocycles. The van der Waals surface area contributed by atoms with E-state index in [9.17, 15) is 9.59 Å². The molecule has 0 saturated carbocycles. The van der Waals surface area contributed by atoms with Crippen LogP contribution in [0.3, 0.4) is 0 Å². The van der Waals surface area contributed by atoms with Crippen molar-refractivity contribution in [2.75, 3.05) is 0 Å². The Labute approximate surface area is 124 Å². The third kappa shape index (κ3) is 3.18. The molecule has 0 aliphatic heterocycles. The van der Waals surface area contributed by atoms with Crippen molar-refractivity contribution in [3.05, 3.63) is 33.8 Å². The summed E-state index contributed by atoms with van der Waals surface area (Å²) in [5, 5.41) is 0.881. The van der Waals surface area contributed by atoms with Gasteiger partial charge >= 0.3 is 0 Å². The van der Waals surface area contributed by atoms with Crippen LogP contribution in [0.4, 0.5) is 0 Å². The minimum Gasteiger partial charge on any atom is -0.303 e. The standard InChI is InChI=1S/C15H18Cl2O2/c1-3-15(4-2,10-19)12(8-9-18)11-6-5-7-13(16)14(11)17/h5-7,9-10,12H,3-4,8H2,1-2H3. The molecule has 0 N–H and O–H groups in total. The van der Waals surface area contributed by atoms with Gasteiger partial charge < -0.3 is 9.59 Å². The molecule has 4 heteroatoms. The summed E-state index contributed by atoms with van der Waals surface area (Å²) in [5.41, 5.74) is 0.201. The second-order valence-electron chi connectivity index (χ2n) is 4.66. The number of halogens is 2. The largest absolute Gasteiger partial charge is 0.303 e. The van der Waals surface area contributed by atoms with Crippen molar-refractivity contribution < 1.29 is 9.59 Å². The summed E-state index contributed by atoms with van der Waals surface area (Å²) >= 11 is 12.3. The fourth-order valence-corrected chi connectivity index (χ4v) is 2.99. The molecule has 1 atom stereocenters. The number of hydrogen-bond acceptors (Lipinski definition) is 2. The van der Waals surface area contributed by atoms with E-state index < -0.39 is 5.41 Å². The van der Waals surface area contributed by atoms with E-state index in [2.05, 4.69) is 0 Å². The lowest BCUT2D eigenvalue weighted by molar-refractivity contribution is -0.118. The van der Waals surface area contributed by atoms with Gasteiger partial charge in [-0.3, -0.25) is 0 Å². The van der Waals surface area contributed by atoms with Gasteiger partial charge in [-0.25, -0.2) is 0 Å². The van der Waals surface area contributed by atoms with E-state index in [1.807, 2.05) is 19.9 Å². The van der Waals surface area contributed by atoms with Gasteiger partial charge in [0.2, 0.25) is 0 Å². The van der Waals surface area contributed by atoms with Crippen LogP contribution in [0.25, 0.3) is 0 Å². The first-order valence-corrected chi connectivity index (χ1v) is 7.15. The van der Waals surface area contributed by atoms with Gasteiger partial charge in [-0.2, -0.15) is 0 Å². The van der Waals surface area contributed by atoms with Crippen molar-refractivity contribution in [2.24, 2.45) is 5.41 Å². The quantitative estimate of drug-likeness (QED) is 0.686. The molecule has 0 radical (unpaired) electrons. The van der Waals surface area contributed by atoms with E-state index in [1.54, 1.807) is 12.1 Å². The van der Waals surface area contributed by atoms with E-state index in [0.717, 1.165) is 18.1 Å². The van der Waals surface area contributed by atoms with Crippen LogP contribution in [0.15, 0.2) is 18.2 Å². The van der Waals surface area contributed by atoms with Gasteiger partial charge in [-0.1, -0.05) is 49.2 Å². The number of benzene rings is 1. The van der Waals surface area contributed by atoms with Crippen LogP contribution in [0.2, 0.25) is 10.0 Å². The molecule has 2 nitrogen and oxygen atoms in total. The molecule has 19 heavy (non-hydrogen) atoms. The Bertz CT molecular complexity index is 453. The highest BCUT2D eigenvalue weighted by molar-refractivity contribution is 6.42. The summed E-state index contributed by atoms with van der Waals surface area (Å²) in [5.74, 6) is -0.233. The van der Waals surface area contributed by atoms with Gasteiger partial charge in [-0.05, 0) is 24.5 Å². The molecule has 1 aromatic carbocycles. The van der Waals surface area contributed by atoms with Crippen molar-refractivity contribution in [2.45, 2.75) is 39.0 Å². The summed E-state index contributed by atoms with van der Waals surface area (Å²) < 4.78 is 0. The predicted molar refractivity (Wildman–Crippen MR) is 79.0 cm³/mol. The van der Waals surface area contributed by atoms with Gasteiger partial charge in [0.05, 0.1) is 10.0 Å². The van der Waals surface area contributed by atoms with Crippen molar-refractivity contribution >= 4 is 35.8 Å². The van der Waals surface area contributed by atoms with Crippen LogP contribution >= 0.6 is 23.2 Å². The van der Waals surface area contributed by atoms with Crippen molar-refractivity contribution in [1.29, 1.82) is 0 Å². The maximum atomic E-state index is 11.6. The van der Waals surface area contributed by atoms with E-state index >= 15 is 0 Å². The highest BCUT2D eigenvalue weighted by Gasteiger charge is 2.37. The lowest BCUT2D eigenvalue weighted by Gasteiger charge is -2.34. The minimum absolute atomic E-state index is 0.233. The molecule has 0 aromatic heterocycles. The van der Waals surface area contributed by atoms with Gasteiger partial charge in [0, 0.05) is 17.8 Å². The van der Waals surface area contributed by atoms with Crippen LogP contribution < -0.4 is 0 Å². The molecule has 0 heterocycles. The van der Waals surface area contributed by atoms with E-state index in [4.69, 9.17) is 23.2 Å². The highest BCUT2D eigenvalue weighted by atomic mass is 35.5. The van der Waals surface area contributed by atoms with E-state index in [0.29, 0.717) is 22.9 Å². The van der Waals surface area contributed by atoms with Gasteiger partial charge in [0.1, 0.15) is 12.6 Å². The summed E-state index contributed by atoms with van der Waals surface area (Å²) in [6.07, 6.45) is 3.38. The average Bonchev–Trinajstić information content (AvgIpc) is 2.43. The molecular formula is C15H18Cl2O2. The number of hydrogen-bond donors (Lipinski definition) is 0. The fraction of sp³-hybridized carbons (Fsp3) is 0.467. The zero-order valence-corrected chi connectivity index (χ0v) is 12.7. The normalized spacial score (nSPS) is 13.1. The lowest BCUT2D eigenvalue weighted by atomic mass is 9.68. The second-order valence-corrected chi connectivity index (χ2v) is 5.44. The highest BCUT2D eigenvalue weighted by Crippen LogP contribution is 2.45. The Hall–Kier alpha value is -0.860. The van der Waals surface area contributed by atoms with Crippen LogP contribution in [0.5, 0.6) is 0 Å². The average molecular weight is 301 g/mol. The molecule has 0 fully saturated rings. The first-order chi connectivity index (χ1) is 9.06. The molecular weight excluding hydrogens is 283 g/mol. The zero-order chi connectivity index (χ0) is 14.5. The van der Waals surface area contributed by atoms with Crippen molar-refractivity contribution in [3.63, 3.8) is 0 Å². The molecule has 0 spiro atoms. The van der Waals surface area contributed by atoms with Crippen LogP contribution in [-0.2, 0) is 9.59 Å². The second kappa shape index (κ2) is 7.06. The van der Waals surface area contributed by atoms with Gasteiger partial charge in [-0.15, -0.1) is 0 Å². The number of rotatable bonds is 7. The van der Waals surface area contributed by atoms with Crippen molar-refractivity contribution in [3.8, 4) is 0 Å². The molecule has 0 aliphatic rings. The molecule has 0 amide bonds. The minimum atomic E-state index is -0.574. The third-order valence-corrected chi connectivity index (χ3v) is 4.77. The maximum absolute atomic E-state index is 11.6. The Balaban J connectivity index is 3.38. The zero-order valence-electron chi connectivity index (χ0n) is 11.2. The number of carbonyl (C=O) groups is 2. The summed E-state index contributed by atoms with van der Waals surface area (Å²) in [4.78, 5) is 22.6. The molecule has 1 unspecified atom stereocenters. The summed E-state index contributed by atoms with van der Waals surface area (Å²) in [6.45, 7) is 3.91. The smallest absolute Gasteiger partial charge is 0.126 e. The van der Waals surface area contributed by atoms with E-state index in [1.165, 1.54) is 0 Å². The Kier molecular flexibility index (Phi) is 6.02. The fourth-order valence-electron chi connectivity index (χ4n) is 2.55.